The first-order valence-electron chi connectivity index (χ1n) is 9.19. The van der Waals surface area contributed by atoms with Crippen LogP contribution in [0.2, 0.25) is 5.15 Å². The third-order valence-electron chi connectivity index (χ3n) is 3.99. The number of nitrogen functional groups attached to an aromatic ring is 1. The number of unbranched alkanes of at least 4 members (excludes halogenated alkanes) is 1. The molecule has 160 valence electrons. The number of halogens is 1. The molecule has 2 aromatic rings. The van der Waals surface area contributed by atoms with E-state index < -0.39 is 11.8 Å². The summed E-state index contributed by atoms with van der Waals surface area (Å²) in [6.07, 6.45) is 2.50. The molecule has 2 rings (SSSR count). The standard InChI is InChI=1S/C19H24ClN7O3/c1-11-16(20)26-15(17(22)25-11)18(29)27-19(23)24-9-3-2-4-12-5-7-13(8-6-12)30-10-14(21)28/h5-8H,2-4,9-10H2,1H3,(H2,21,28)(H2,22,25)(H3,23,24,27,29). The van der Waals surface area contributed by atoms with Gasteiger partial charge in [-0.2, -0.15) is 0 Å². The van der Waals surface area contributed by atoms with Gasteiger partial charge in [-0.1, -0.05) is 23.7 Å². The Morgan fingerprint density at radius 3 is 2.57 bits per heavy atom. The van der Waals surface area contributed by atoms with Crippen molar-refractivity contribution >= 4 is 35.2 Å². The normalized spacial score (nSPS) is 10.3. The highest BCUT2D eigenvalue weighted by Crippen LogP contribution is 2.15. The minimum absolute atomic E-state index is 0.0479. The fraction of sp³-hybridized carbons (Fsp3) is 0.316. The van der Waals surface area contributed by atoms with E-state index in [9.17, 15) is 9.59 Å². The number of primary amides is 1. The number of nitrogens with two attached hydrogens (primary N) is 2. The number of aryl methyl sites for hydroxylation is 2. The Labute approximate surface area is 178 Å². The topological polar surface area (TPSA) is 169 Å². The zero-order valence-electron chi connectivity index (χ0n) is 16.5. The number of hydrogen-bond donors (Lipinski definition) is 5. The minimum Gasteiger partial charge on any atom is -0.484 e. The van der Waals surface area contributed by atoms with Gasteiger partial charge in [-0.15, -0.1) is 0 Å². The van der Waals surface area contributed by atoms with E-state index in [4.69, 9.17) is 33.2 Å². The average molecular weight is 434 g/mol. The number of carbonyl (C=O) groups is 2. The van der Waals surface area contributed by atoms with Gasteiger partial charge in [0.15, 0.2) is 29.2 Å². The summed E-state index contributed by atoms with van der Waals surface area (Å²) in [4.78, 5) is 30.7. The smallest absolute Gasteiger partial charge is 0.280 e. The Hall–Kier alpha value is -3.40. The van der Waals surface area contributed by atoms with Crippen molar-refractivity contribution in [2.24, 2.45) is 5.73 Å². The molecular formula is C19H24ClN7O3. The van der Waals surface area contributed by atoms with Crippen LogP contribution in [0.25, 0.3) is 0 Å². The van der Waals surface area contributed by atoms with Gasteiger partial charge in [-0.3, -0.25) is 20.3 Å². The molecule has 1 heterocycles. The molecule has 7 N–H and O–H groups in total. The first-order chi connectivity index (χ1) is 14.3. The van der Waals surface area contributed by atoms with Crippen LogP contribution in [0.3, 0.4) is 0 Å². The first-order valence-corrected chi connectivity index (χ1v) is 9.57. The summed E-state index contributed by atoms with van der Waals surface area (Å²) in [6.45, 7) is 1.99. The van der Waals surface area contributed by atoms with Gasteiger partial charge in [-0.05, 0) is 43.9 Å². The lowest BCUT2D eigenvalue weighted by Crippen LogP contribution is -2.41. The molecule has 0 bridgehead atoms. The molecule has 11 heteroatoms. The number of carbonyl (C=O) groups excluding carboxylic acids is 2. The number of benzene rings is 1. The van der Waals surface area contributed by atoms with Crippen molar-refractivity contribution in [3.05, 3.63) is 46.4 Å². The van der Waals surface area contributed by atoms with Crippen LogP contribution >= 0.6 is 11.6 Å². The summed E-state index contributed by atoms with van der Waals surface area (Å²) in [5.41, 5.74) is 12.1. The predicted molar refractivity (Wildman–Crippen MR) is 113 cm³/mol. The number of hydrogen-bond acceptors (Lipinski definition) is 7. The van der Waals surface area contributed by atoms with Gasteiger partial charge in [0.05, 0.1) is 5.69 Å². The van der Waals surface area contributed by atoms with E-state index in [1.165, 1.54) is 0 Å². The quantitative estimate of drug-likeness (QED) is 0.224. The molecule has 0 fully saturated rings. The number of guanidine groups is 1. The van der Waals surface area contributed by atoms with Crippen molar-refractivity contribution in [1.82, 2.24) is 20.6 Å². The molecule has 1 aromatic heterocycles. The molecule has 2 amide bonds. The summed E-state index contributed by atoms with van der Waals surface area (Å²) in [5, 5.41) is 13.1. The van der Waals surface area contributed by atoms with Gasteiger partial charge >= 0.3 is 0 Å². The lowest BCUT2D eigenvalue weighted by atomic mass is 10.1. The highest BCUT2D eigenvalue weighted by Gasteiger charge is 2.16. The monoisotopic (exact) mass is 433 g/mol. The molecule has 0 aliphatic carbocycles. The summed E-state index contributed by atoms with van der Waals surface area (Å²) in [7, 11) is 0. The van der Waals surface area contributed by atoms with E-state index in [2.05, 4.69) is 20.6 Å². The number of amides is 2. The largest absolute Gasteiger partial charge is 0.484 e. The van der Waals surface area contributed by atoms with E-state index in [1.807, 2.05) is 12.1 Å². The number of nitrogens with one attached hydrogen (secondary N) is 3. The van der Waals surface area contributed by atoms with Crippen molar-refractivity contribution < 1.29 is 14.3 Å². The molecule has 0 unspecified atom stereocenters. The SMILES string of the molecule is Cc1nc(N)c(C(=O)NC(=N)NCCCCc2ccc(OCC(N)=O)cc2)nc1Cl. The number of anilines is 1. The van der Waals surface area contributed by atoms with Crippen molar-refractivity contribution in [2.75, 3.05) is 18.9 Å². The van der Waals surface area contributed by atoms with Crippen LogP contribution in [0.4, 0.5) is 5.82 Å². The van der Waals surface area contributed by atoms with Crippen molar-refractivity contribution in [2.45, 2.75) is 26.2 Å². The molecular weight excluding hydrogens is 410 g/mol. The van der Waals surface area contributed by atoms with Gasteiger partial charge in [0.25, 0.3) is 11.8 Å². The van der Waals surface area contributed by atoms with E-state index in [0.717, 1.165) is 24.8 Å². The Kier molecular flexibility index (Phi) is 8.36. The summed E-state index contributed by atoms with van der Waals surface area (Å²) in [6, 6.07) is 7.41. The lowest BCUT2D eigenvalue weighted by molar-refractivity contribution is -0.119. The predicted octanol–water partition coefficient (Wildman–Crippen LogP) is 1.16. The van der Waals surface area contributed by atoms with E-state index >= 15 is 0 Å². The van der Waals surface area contributed by atoms with Crippen LogP contribution in [0.1, 0.15) is 34.6 Å². The van der Waals surface area contributed by atoms with Crippen molar-refractivity contribution in [3.8, 4) is 5.75 Å². The molecule has 0 saturated carbocycles. The molecule has 30 heavy (non-hydrogen) atoms. The summed E-state index contributed by atoms with van der Waals surface area (Å²) in [5.74, 6) is -0.795. The Bertz CT molecular complexity index is 919. The zero-order chi connectivity index (χ0) is 22.1. The highest BCUT2D eigenvalue weighted by atomic mass is 35.5. The van der Waals surface area contributed by atoms with Gasteiger partial charge in [0.2, 0.25) is 0 Å². The maximum Gasteiger partial charge on any atom is 0.280 e. The van der Waals surface area contributed by atoms with Gasteiger partial charge in [0, 0.05) is 6.54 Å². The Balaban J connectivity index is 1.68. The number of rotatable bonds is 9. The highest BCUT2D eigenvalue weighted by molar-refractivity contribution is 6.30. The van der Waals surface area contributed by atoms with Crippen molar-refractivity contribution in [1.29, 1.82) is 5.41 Å². The van der Waals surface area contributed by atoms with Crippen molar-refractivity contribution in [3.63, 3.8) is 0 Å². The maximum absolute atomic E-state index is 12.2. The van der Waals surface area contributed by atoms with E-state index in [1.54, 1.807) is 19.1 Å². The minimum atomic E-state index is -0.655. The van der Waals surface area contributed by atoms with Gasteiger partial charge < -0.3 is 21.5 Å². The number of nitrogens with zero attached hydrogens (tertiary/aromatic N) is 2. The van der Waals surface area contributed by atoms with Crippen LogP contribution < -0.4 is 26.8 Å². The van der Waals surface area contributed by atoms with Crippen LogP contribution in [0, 0.1) is 12.3 Å². The molecule has 0 aliphatic heterocycles. The van der Waals surface area contributed by atoms with Gasteiger partial charge in [0.1, 0.15) is 5.75 Å². The number of ether oxygens (including phenoxy) is 1. The van der Waals surface area contributed by atoms with E-state index in [-0.39, 0.29) is 29.2 Å². The fourth-order valence-electron chi connectivity index (χ4n) is 2.47. The summed E-state index contributed by atoms with van der Waals surface area (Å²) < 4.78 is 5.21. The van der Waals surface area contributed by atoms with Crippen LogP contribution in [-0.2, 0) is 11.2 Å². The third-order valence-corrected chi connectivity index (χ3v) is 4.35. The van der Waals surface area contributed by atoms with Crippen LogP contribution in [0.15, 0.2) is 24.3 Å². The van der Waals surface area contributed by atoms with Gasteiger partial charge in [-0.25, -0.2) is 9.97 Å². The van der Waals surface area contributed by atoms with Crippen LogP contribution in [0.5, 0.6) is 5.75 Å². The molecule has 0 saturated heterocycles. The summed E-state index contributed by atoms with van der Waals surface area (Å²) >= 11 is 5.87. The molecule has 0 spiro atoms. The van der Waals surface area contributed by atoms with E-state index in [0.29, 0.717) is 18.0 Å². The second-order valence-electron chi connectivity index (χ2n) is 6.45. The second-order valence-corrected chi connectivity index (χ2v) is 6.80. The molecule has 10 nitrogen and oxygen atoms in total. The molecule has 0 aliphatic rings. The Morgan fingerprint density at radius 2 is 1.90 bits per heavy atom. The van der Waals surface area contributed by atoms with Crippen LogP contribution in [-0.4, -0.2) is 40.9 Å². The third kappa shape index (κ3) is 7.21. The molecule has 1 aromatic carbocycles. The zero-order valence-corrected chi connectivity index (χ0v) is 17.3. The molecule has 0 radical (unpaired) electrons. The number of aromatic nitrogens is 2. The molecule has 0 atom stereocenters. The maximum atomic E-state index is 12.2. The second kappa shape index (κ2) is 11.0. The Morgan fingerprint density at radius 1 is 1.20 bits per heavy atom. The average Bonchev–Trinajstić information content (AvgIpc) is 2.69. The fourth-order valence-corrected chi connectivity index (χ4v) is 2.60. The lowest BCUT2D eigenvalue weighted by Gasteiger charge is -2.10. The first kappa shape index (κ1) is 22.9.